The Hall–Kier alpha value is -2.96. The number of hydrogen-bond donors (Lipinski definition) is 1. The molecule has 25 heavy (non-hydrogen) atoms. The first kappa shape index (κ1) is 15.6. The molecule has 3 aromatic rings. The number of rotatable bonds is 4. The molecule has 4 rings (SSSR count). The summed E-state index contributed by atoms with van der Waals surface area (Å²) in [6, 6.07) is 12.2. The van der Waals surface area contributed by atoms with Crippen LogP contribution in [0.1, 0.15) is 19.8 Å². The lowest BCUT2D eigenvalue weighted by Gasteiger charge is -2.17. The fraction of sp³-hybridized carbons (Fsp3) is 0.333. The Bertz CT molecular complexity index is 891. The molecule has 7 nitrogen and oxygen atoms in total. The molecular formula is C18H20N6O. The maximum absolute atomic E-state index is 11.9. The van der Waals surface area contributed by atoms with E-state index >= 15 is 0 Å². The SMILES string of the molecule is CCC(=O)N1CCC(Nc2cc(-c3ccccc3)nc3ncnn23)C1. The lowest BCUT2D eigenvalue weighted by Crippen LogP contribution is -2.31. The number of carbonyl (C=O) groups is 1. The van der Waals surface area contributed by atoms with Crippen molar-refractivity contribution >= 4 is 17.5 Å². The van der Waals surface area contributed by atoms with E-state index in [0.29, 0.717) is 18.7 Å². The van der Waals surface area contributed by atoms with Gasteiger partial charge in [-0.05, 0) is 6.42 Å². The quantitative estimate of drug-likeness (QED) is 0.790. The summed E-state index contributed by atoms with van der Waals surface area (Å²) < 4.78 is 1.71. The highest BCUT2D eigenvalue weighted by molar-refractivity contribution is 5.76. The Morgan fingerprint density at radius 2 is 2.16 bits per heavy atom. The molecule has 0 saturated carbocycles. The third kappa shape index (κ3) is 3.05. The van der Waals surface area contributed by atoms with Crippen LogP contribution in [0.2, 0.25) is 0 Å². The van der Waals surface area contributed by atoms with Gasteiger partial charge in [0.15, 0.2) is 0 Å². The fourth-order valence-electron chi connectivity index (χ4n) is 3.21. The van der Waals surface area contributed by atoms with E-state index in [2.05, 4.69) is 20.4 Å². The van der Waals surface area contributed by atoms with Gasteiger partial charge in [0, 0.05) is 37.2 Å². The van der Waals surface area contributed by atoms with Gasteiger partial charge in [-0.3, -0.25) is 4.79 Å². The van der Waals surface area contributed by atoms with E-state index in [-0.39, 0.29) is 11.9 Å². The highest BCUT2D eigenvalue weighted by Gasteiger charge is 2.26. The van der Waals surface area contributed by atoms with Gasteiger partial charge in [0.25, 0.3) is 5.78 Å². The summed E-state index contributed by atoms with van der Waals surface area (Å²) in [5.41, 5.74) is 1.88. The molecule has 1 aromatic carbocycles. The lowest BCUT2D eigenvalue weighted by molar-refractivity contribution is -0.129. The molecule has 0 bridgehead atoms. The number of likely N-dealkylation sites (tertiary alicyclic amines) is 1. The highest BCUT2D eigenvalue weighted by Crippen LogP contribution is 2.23. The molecule has 3 heterocycles. The van der Waals surface area contributed by atoms with E-state index in [9.17, 15) is 4.79 Å². The van der Waals surface area contributed by atoms with Crippen LogP contribution < -0.4 is 5.32 Å². The molecule has 2 aromatic heterocycles. The van der Waals surface area contributed by atoms with E-state index in [1.165, 1.54) is 6.33 Å². The van der Waals surface area contributed by atoms with Gasteiger partial charge in [0.1, 0.15) is 12.1 Å². The Morgan fingerprint density at radius 3 is 2.96 bits per heavy atom. The molecule has 1 atom stereocenters. The summed E-state index contributed by atoms with van der Waals surface area (Å²) in [5.74, 6) is 1.61. The molecule has 128 valence electrons. The minimum Gasteiger partial charge on any atom is -0.365 e. The van der Waals surface area contributed by atoms with Crippen LogP contribution in [0.15, 0.2) is 42.7 Å². The maximum Gasteiger partial charge on any atom is 0.254 e. The van der Waals surface area contributed by atoms with Crippen molar-refractivity contribution in [3.63, 3.8) is 0 Å². The zero-order valence-corrected chi connectivity index (χ0v) is 14.1. The first-order chi connectivity index (χ1) is 12.2. The van der Waals surface area contributed by atoms with E-state index in [1.807, 2.05) is 48.2 Å². The Kier molecular flexibility index (Phi) is 4.05. The molecule has 7 heteroatoms. The van der Waals surface area contributed by atoms with Crippen LogP contribution in [-0.2, 0) is 4.79 Å². The Balaban J connectivity index is 1.63. The van der Waals surface area contributed by atoms with Gasteiger partial charge in [-0.2, -0.15) is 14.6 Å². The Labute approximate surface area is 145 Å². The molecule has 1 unspecified atom stereocenters. The van der Waals surface area contributed by atoms with Gasteiger partial charge in [0.05, 0.1) is 5.69 Å². The number of anilines is 1. The van der Waals surface area contributed by atoms with Crippen molar-refractivity contribution in [1.29, 1.82) is 0 Å². The summed E-state index contributed by atoms with van der Waals surface area (Å²) in [6.45, 7) is 3.41. The topological polar surface area (TPSA) is 75.4 Å². The molecule has 0 spiro atoms. The third-order valence-electron chi connectivity index (χ3n) is 4.52. The minimum atomic E-state index is 0.203. The van der Waals surface area contributed by atoms with Crippen LogP contribution in [-0.4, -0.2) is 49.5 Å². The number of benzene rings is 1. The second-order valence-electron chi connectivity index (χ2n) is 6.19. The number of amides is 1. The predicted molar refractivity (Wildman–Crippen MR) is 95.1 cm³/mol. The number of hydrogen-bond acceptors (Lipinski definition) is 5. The van der Waals surface area contributed by atoms with Crippen molar-refractivity contribution < 1.29 is 4.79 Å². The molecular weight excluding hydrogens is 316 g/mol. The van der Waals surface area contributed by atoms with Crippen molar-refractivity contribution in [3.8, 4) is 11.3 Å². The maximum atomic E-state index is 11.9. The van der Waals surface area contributed by atoms with Crippen molar-refractivity contribution in [2.24, 2.45) is 0 Å². The largest absolute Gasteiger partial charge is 0.365 e. The second-order valence-corrected chi connectivity index (χ2v) is 6.19. The number of fused-ring (bicyclic) bond motifs is 1. The fourth-order valence-corrected chi connectivity index (χ4v) is 3.21. The average molecular weight is 336 g/mol. The smallest absolute Gasteiger partial charge is 0.254 e. The van der Waals surface area contributed by atoms with E-state index < -0.39 is 0 Å². The summed E-state index contributed by atoms with van der Waals surface area (Å²) >= 11 is 0. The van der Waals surface area contributed by atoms with Crippen molar-refractivity contribution in [2.45, 2.75) is 25.8 Å². The first-order valence-corrected chi connectivity index (χ1v) is 8.55. The van der Waals surface area contributed by atoms with Crippen LogP contribution in [0.4, 0.5) is 5.82 Å². The number of nitrogens with one attached hydrogen (secondary N) is 1. The zero-order valence-electron chi connectivity index (χ0n) is 14.1. The van der Waals surface area contributed by atoms with Crippen molar-refractivity contribution in [3.05, 3.63) is 42.7 Å². The normalized spacial score (nSPS) is 17.2. The van der Waals surface area contributed by atoms with Gasteiger partial charge in [-0.1, -0.05) is 37.3 Å². The van der Waals surface area contributed by atoms with Gasteiger partial charge in [-0.25, -0.2) is 4.98 Å². The predicted octanol–water partition coefficient (Wildman–Crippen LogP) is 2.21. The number of carbonyl (C=O) groups excluding carboxylic acids is 1. The molecule has 1 aliphatic heterocycles. The van der Waals surface area contributed by atoms with Crippen LogP contribution in [0.25, 0.3) is 17.0 Å². The van der Waals surface area contributed by atoms with Gasteiger partial charge in [-0.15, -0.1) is 0 Å². The molecule has 0 aliphatic carbocycles. The van der Waals surface area contributed by atoms with Crippen LogP contribution in [0.3, 0.4) is 0 Å². The van der Waals surface area contributed by atoms with Crippen molar-refractivity contribution in [1.82, 2.24) is 24.5 Å². The van der Waals surface area contributed by atoms with E-state index in [1.54, 1.807) is 4.52 Å². The summed E-state index contributed by atoms with van der Waals surface area (Å²) in [6.07, 6.45) is 2.97. The van der Waals surface area contributed by atoms with Gasteiger partial charge >= 0.3 is 0 Å². The van der Waals surface area contributed by atoms with Gasteiger partial charge in [0.2, 0.25) is 5.91 Å². The van der Waals surface area contributed by atoms with Crippen LogP contribution >= 0.6 is 0 Å². The third-order valence-corrected chi connectivity index (χ3v) is 4.52. The van der Waals surface area contributed by atoms with Crippen LogP contribution in [0.5, 0.6) is 0 Å². The summed E-state index contributed by atoms with van der Waals surface area (Å²) in [7, 11) is 0. The molecule has 1 saturated heterocycles. The molecule has 1 fully saturated rings. The van der Waals surface area contributed by atoms with Crippen LogP contribution in [0, 0.1) is 0 Å². The molecule has 0 radical (unpaired) electrons. The lowest BCUT2D eigenvalue weighted by atomic mass is 10.1. The van der Waals surface area contributed by atoms with E-state index in [0.717, 1.165) is 30.0 Å². The minimum absolute atomic E-state index is 0.203. The Morgan fingerprint density at radius 1 is 1.32 bits per heavy atom. The van der Waals surface area contributed by atoms with Crippen molar-refractivity contribution in [2.75, 3.05) is 18.4 Å². The van der Waals surface area contributed by atoms with E-state index in [4.69, 9.17) is 0 Å². The molecule has 1 amide bonds. The first-order valence-electron chi connectivity index (χ1n) is 8.55. The number of nitrogens with zero attached hydrogens (tertiary/aromatic N) is 5. The molecule has 1 aliphatic rings. The average Bonchev–Trinajstić information content (AvgIpc) is 3.31. The zero-order chi connectivity index (χ0) is 17.2. The molecule has 1 N–H and O–H groups in total. The highest BCUT2D eigenvalue weighted by atomic mass is 16.2. The number of aromatic nitrogens is 4. The second kappa shape index (κ2) is 6.51. The van der Waals surface area contributed by atoms with Gasteiger partial charge < -0.3 is 10.2 Å². The monoisotopic (exact) mass is 336 g/mol. The summed E-state index contributed by atoms with van der Waals surface area (Å²) in [4.78, 5) is 22.6. The summed E-state index contributed by atoms with van der Waals surface area (Å²) in [5, 5.41) is 7.78. The standard InChI is InChI=1S/C18H20N6O/c1-2-17(25)23-9-8-14(11-23)21-16-10-15(13-6-4-3-5-7-13)22-18-19-12-20-24(16)18/h3-7,10,12,14,21H,2,8-9,11H2,1H3.